The fourth-order valence-corrected chi connectivity index (χ4v) is 4.97. The van der Waals surface area contributed by atoms with E-state index in [1.807, 2.05) is 30.9 Å². The van der Waals surface area contributed by atoms with Gasteiger partial charge >= 0.3 is 0 Å². The van der Waals surface area contributed by atoms with Crippen molar-refractivity contribution in [2.75, 3.05) is 24.5 Å². The van der Waals surface area contributed by atoms with Gasteiger partial charge in [-0.05, 0) is 36.5 Å². The van der Waals surface area contributed by atoms with Crippen LogP contribution >= 0.6 is 11.3 Å². The lowest BCUT2D eigenvalue weighted by molar-refractivity contribution is 0.0953. The summed E-state index contributed by atoms with van der Waals surface area (Å²) in [6.45, 7) is 6.19. The van der Waals surface area contributed by atoms with Crippen molar-refractivity contribution in [2.24, 2.45) is 11.7 Å². The molecule has 1 saturated heterocycles. The molecule has 172 valence electrons. The minimum Gasteiger partial charge on any atom is -0.351 e. The van der Waals surface area contributed by atoms with Gasteiger partial charge in [-0.2, -0.15) is 5.26 Å². The van der Waals surface area contributed by atoms with Crippen LogP contribution in [-0.4, -0.2) is 41.1 Å². The summed E-state index contributed by atoms with van der Waals surface area (Å²) in [5, 5.41) is 12.4. The Labute approximate surface area is 196 Å². The van der Waals surface area contributed by atoms with Gasteiger partial charge in [0.2, 0.25) is 5.95 Å². The summed E-state index contributed by atoms with van der Waals surface area (Å²) in [6.07, 6.45) is 1.84. The van der Waals surface area contributed by atoms with E-state index >= 15 is 0 Å². The fraction of sp³-hybridized carbons (Fsp3) is 0.417. The van der Waals surface area contributed by atoms with E-state index in [0.29, 0.717) is 45.6 Å². The molecule has 4 rings (SSSR count). The van der Waals surface area contributed by atoms with Gasteiger partial charge in [-0.1, -0.05) is 32.0 Å². The summed E-state index contributed by atoms with van der Waals surface area (Å²) in [4.78, 5) is 33.6. The van der Waals surface area contributed by atoms with Crippen LogP contribution < -0.4 is 21.5 Å². The van der Waals surface area contributed by atoms with E-state index in [-0.39, 0.29) is 24.1 Å². The quantitative estimate of drug-likeness (QED) is 0.579. The number of piperidine rings is 1. The Bertz CT molecular complexity index is 1270. The van der Waals surface area contributed by atoms with E-state index in [2.05, 4.69) is 11.4 Å². The number of nitrogens with two attached hydrogens (primary N) is 1. The molecule has 0 saturated carbocycles. The molecule has 1 aliphatic rings. The predicted octanol–water partition coefficient (Wildman–Crippen LogP) is 2.69. The number of aromatic nitrogens is 2. The molecule has 8 nitrogen and oxygen atoms in total. The van der Waals surface area contributed by atoms with Crippen molar-refractivity contribution in [3.05, 3.63) is 56.7 Å². The molecular weight excluding hydrogens is 436 g/mol. The van der Waals surface area contributed by atoms with Gasteiger partial charge in [0.15, 0.2) is 0 Å². The molecule has 3 heterocycles. The molecule has 1 unspecified atom stereocenters. The van der Waals surface area contributed by atoms with Gasteiger partial charge in [0.05, 0.1) is 28.6 Å². The normalized spacial score (nSPS) is 16.2. The molecule has 1 amide bonds. The molecule has 33 heavy (non-hydrogen) atoms. The molecule has 1 atom stereocenters. The van der Waals surface area contributed by atoms with Crippen LogP contribution in [0.2, 0.25) is 0 Å². The van der Waals surface area contributed by atoms with Crippen LogP contribution in [0, 0.1) is 17.2 Å². The number of hydrogen-bond acceptors (Lipinski definition) is 7. The molecule has 3 aromatic rings. The zero-order chi connectivity index (χ0) is 23.5. The molecule has 0 aliphatic carbocycles. The van der Waals surface area contributed by atoms with Crippen molar-refractivity contribution in [3.8, 4) is 6.07 Å². The van der Waals surface area contributed by atoms with E-state index in [1.54, 1.807) is 22.8 Å². The number of nitriles is 1. The molecule has 1 aromatic carbocycles. The first-order valence-electron chi connectivity index (χ1n) is 11.2. The number of nitrogens with one attached hydrogen (secondary N) is 1. The number of rotatable bonds is 6. The first kappa shape index (κ1) is 23.0. The number of benzene rings is 1. The molecule has 2 aromatic heterocycles. The monoisotopic (exact) mass is 464 g/mol. The Morgan fingerprint density at radius 2 is 2.18 bits per heavy atom. The van der Waals surface area contributed by atoms with Gasteiger partial charge in [0.1, 0.15) is 4.70 Å². The van der Waals surface area contributed by atoms with Crippen molar-refractivity contribution >= 4 is 33.4 Å². The summed E-state index contributed by atoms with van der Waals surface area (Å²) in [5.74, 6) is 0.658. The highest BCUT2D eigenvalue weighted by atomic mass is 32.1. The Balaban J connectivity index is 1.81. The van der Waals surface area contributed by atoms with Crippen LogP contribution in [0.3, 0.4) is 0 Å². The van der Waals surface area contributed by atoms with E-state index in [0.717, 1.165) is 36.3 Å². The minimum atomic E-state index is -0.213. The molecule has 9 heteroatoms. The first-order chi connectivity index (χ1) is 15.9. The highest BCUT2D eigenvalue weighted by Crippen LogP contribution is 2.26. The van der Waals surface area contributed by atoms with Gasteiger partial charge in [0.25, 0.3) is 11.5 Å². The second-order valence-corrected chi connectivity index (χ2v) is 9.90. The number of carbonyl (C=O) groups is 1. The number of amides is 1. The summed E-state index contributed by atoms with van der Waals surface area (Å²) in [5.41, 5.74) is 7.78. The molecular formula is C24H28N6O2S. The largest absolute Gasteiger partial charge is 0.351 e. The third-order valence-electron chi connectivity index (χ3n) is 5.72. The number of anilines is 1. The number of thiophene rings is 1. The smallest absolute Gasteiger partial charge is 0.273 e. The van der Waals surface area contributed by atoms with Crippen LogP contribution in [0.25, 0.3) is 10.2 Å². The Hall–Kier alpha value is -3.22. The number of hydrogen-bond donors (Lipinski definition) is 2. The average molecular weight is 465 g/mol. The zero-order valence-electron chi connectivity index (χ0n) is 18.9. The van der Waals surface area contributed by atoms with Crippen LogP contribution in [0.1, 0.15) is 47.5 Å². The van der Waals surface area contributed by atoms with Crippen LogP contribution in [-0.2, 0) is 6.54 Å². The maximum absolute atomic E-state index is 13.6. The topological polar surface area (TPSA) is 117 Å². The van der Waals surface area contributed by atoms with Gasteiger partial charge < -0.3 is 16.0 Å². The van der Waals surface area contributed by atoms with Crippen molar-refractivity contribution in [1.82, 2.24) is 14.9 Å². The molecule has 0 bridgehead atoms. The van der Waals surface area contributed by atoms with Crippen molar-refractivity contribution in [1.29, 1.82) is 5.26 Å². The Kier molecular flexibility index (Phi) is 6.77. The maximum Gasteiger partial charge on any atom is 0.273 e. The lowest BCUT2D eigenvalue weighted by Gasteiger charge is -2.33. The van der Waals surface area contributed by atoms with Crippen LogP contribution in [0.15, 0.2) is 35.1 Å². The van der Waals surface area contributed by atoms with E-state index < -0.39 is 0 Å². The fourth-order valence-electron chi connectivity index (χ4n) is 4.01. The summed E-state index contributed by atoms with van der Waals surface area (Å²) in [7, 11) is 0. The summed E-state index contributed by atoms with van der Waals surface area (Å²) in [6, 6.07) is 11.1. The number of fused-ring (bicyclic) bond motifs is 1. The van der Waals surface area contributed by atoms with E-state index in [4.69, 9.17) is 10.7 Å². The molecule has 0 radical (unpaired) electrons. The molecule has 1 aliphatic heterocycles. The SMILES string of the molecule is CC(C)CNC(=O)c1cc2nc(N3CCCC(N)C3)n(Cc3ccccc3C#N)c(=O)c2s1. The lowest BCUT2D eigenvalue weighted by Crippen LogP contribution is -2.45. The first-order valence-corrected chi connectivity index (χ1v) is 12.0. The zero-order valence-corrected chi connectivity index (χ0v) is 19.7. The van der Waals surface area contributed by atoms with Crippen LogP contribution in [0.4, 0.5) is 5.95 Å². The molecule has 1 fully saturated rings. The Morgan fingerprint density at radius 3 is 2.91 bits per heavy atom. The average Bonchev–Trinajstić information content (AvgIpc) is 3.24. The van der Waals surface area contributed by atoms with Gasteiger partial charge in [-0.15, -0.1) is 11.3 Å². The summed E-state index contributed by atoms with van der Waals surface area (Å²) >= 11 is 1.16. The van der Waals surface area contributed by atoms with Crippen molar-refractivity contribution < 1.29 is 4.79 Å². The molecule has 0 spiro atoms. The highest BCUT2D eigenvalue weighted by Gasteiger charge is 2.24. The van der Waals surface area contributed by atoms with Crippen LogP contribution in [0.5, 0.6) is 0 Å². The standard InChI is InChI=1S/C24H28N6O2S/c1-15(2)12-27-22(31)20-10-19-21(33-20)23(32)30(13-17-7-4-3-6-16(17)11-25)24(28-19)29-9-5-8-18(26)14-29/h3-4,6-7,10,15,18H,5,8-9,12-14,26H2,1-2H3,(H,27,31). The van der Waals surface area contributed by atoms with E-state index in [1.165, 1.54) is 0 Å². The molecule has 3 N–H and O–H groups in total. The van der Waals surface area contributed by atoms with Gasteiger partial charge in [0, 0.05) is 25.7 Å². The summed E-state index contributed by atoms with van der Waals surface area (Å²) < 4.78 is 2.05. The van der Waals surface area contributed by atoms with Crippen molar-refractivity contribution in [3.63, 3.8) is 0 Å². The predicted molar refractivity (Wildman–Crippen MR) is 131 cm³/mol. The van der Waals surface area contributed by atoms with Crippen molar-refractivity contribution in [2.45, 2.75) is 39.3 Å². The van der Waals surface area contributed by atoms with Gasteiger partial charge in [-0.25, -0.2) is 4.98 Å². The highest BCUT2D eigenvalue weighted by molar-refractivity contribution is 7.20. The second-order valence-electron chi connectivity index (χ2n) is 8.85. The minimum absolute atomic E-state index is 0.00559. The number of nitrogens with zero attached hydrogens (tertiary/aromatic N) is 4. The second kappa shape index (κ2) is 9.73. The third-order valence-corrected chi connectivity index (χ3v) is 6.83. The lowest BCUT2D eigenvalue weighted by atomic mass is 10.1. The van der Waals surface area contributed by atoms with Gasteiger partial charge in [-0.3, -0.25) is 14.2 Å². The Morgan fingerprint density at radius 1 is 1.39 bits per heavy atom. The van der Waals surface area contributed by atoms with E-state index in [9.17, 15) is 14.9 Å². The number of carbonyl (C=O) groups excluding carboxylic acids is 1. The third kappa shape index (κ3) is 4.92. The maximum atomic E-state index is 13.6.